The quantitative estimate of drug-likeness (QED) is 0.742. The number of carboxylic acid groups (broad SMARTS) is 1. The maximum absolute atomic E-state index is 10.8. The van der Waals surface area contributed by atoms with Gasteiger partial charge in [0.15, 0.2) is 0 Å². The smallest absolute Gasteiger partial charge is 0.336 e. The summed E-state index contributed by atoms with van der Waals surface area (Å²) < 4.78 is 0. The van der Waals surface area contributed by atoms with E-state index in [9.17, 15) is 4.79 Å². The molecule has 13 heavy (non-hydrogen) atoms. The van der Waals surface area contributed by atoms with E-state index >= 15 is 0 Å². The lowest BCUT2D eigenvalue weighted by atomic mass is 10.0. The largest absolute Gasteiger partial charge is 0.478 e. The van der Waals surface area contributed by atoms with E-state index in [1.165, 1.54) is 0 Å². The van der Waals surface area contributed by atoms with E-state index in [0.29, 0.717) is 11.4 Å². The molecule has 3 heteroatoms. The predicted octanol–water partition coefficient (Wildman–Crippen LogP) is 2.74. The van der Waals surface area contributed by atoms with Crippen molar-refractivity contribution in [1.82, 2.24) is 0 Å². The highest BCUT2D eigenvalue weighted by Gasteiger charge is 2.10. The number of benzene rings is 1. The molecule has 2 nitrogen and oxygen atoms in total. The van der Waals surface area contributed by atoms with Crippen LogP contribution in [0.15, 0.2) is 12.1 Å². The molecule has 1 aromatic carbocycles. The van der Waals surface area contributed by atoms with Gasteiger partial charge in [-0.2, -0.15) is 0 Å². The van der Waals surface area contributed by atoms with E-state index in [4.69, 9.17) is 16.7 Å². The van der Waals surface area contributed by atoms with E-state index in [1.54, 1.807) is 13.8 Å². The highest BCUT2D eigenvalue weighted by molar-refractivity contribution is 6.17. The molecule has 0 saturated carbocycles. The third-order valence-electron chi connectivity index (χ3n) is 1.96. The van der Waals surface area contributed by atoms with Crippen LogP contribution in [-0.2, 0) is 5.88 Å². The van der Waals surface area contributed by atoms with Gasteiger partial charge in [0.2, 0.25) is 0 Å². The van der Waals surface area contributed by atoms with E-state index in [-0.39, 0.29) is 0 Å². The van der Waals surface area contributed by atoms with Crippen molar-refractivity contribution in [2.75, 3.05) is 0 Å². The molecule has 70 valence electrons. The summed E-state index contributed by atoms with van der Waals surface area (Å²) in [5.74, 6) is -0.460. The first-order valence-corrected chi connectivity index (χ1v) is 4.49. The lowest BCUT2D eigenvalue weighted by Gasteiger charge is -2.06. The third kappa shape index (κ3) is 2.01. The number of carbonyl (C=O) groups is 1. The molecular weight excluding hydrogens is 188 g/mol. The van der Waals surface area contributed by atoms with Gasteiger partial charge in [0, 0.05) is 5.88 Å². The zero-order chi connectivity index (χ0) is 10.0. The summed E-state index contributed by atoms with van der Waals surface area (Å²) in [5.41, 5.74) is 2.88. The minimum Gasteiger partial charge on any atom is -0.478 e. The Morgan fingerprint density at radius 3 is 2.15 bits per heavy atom. The van der Waals surface area contributed by atoms with Gasteiger partial charge in [-0.1, -0.05) is 12.1 Å². The van der Waals surface area contributed by atoms with Crippen molar-refractivity contribution in [1.29, 1.82) is 0 Å². The van der Waals surface area contributed by atoms with Crippen molar-refractivity contribution in [2.45, 2.75) is 19.7 Å². The number of carboxylic acids is 1. The van der Waals surface area contributed by atoms with E-state index in [2.05, 4.69) is 0 Å². The molecule has 0 saturated heterocycles. The first kappa shape index (κ1) is 10.1. The topological polar surface area (TPSA) is 37.3 Å². The van der Waals surface area contributed by atoms with Crippen LogP contribution < -0.4 is 0 Å². The van der Waals surface area contributed by atoms with Gasteiger partial charge in [-0.05, 0) is 30.5 Å². The fourth-order valence-corrected chi connectivity index (χ4v) is 1.62. The van der Waals surface area contributed by atoms with Gasteiger partial charge in [-0.15, -0.1) is 11.6 Å². The molecule has 0 amide bonds. The molecule has 0 aliphatic rings. The van der Waals surface area contributed by atoms with Crippen molar-refractivity contribution in [3.05, 3.63) is 34.4 Å². The summed E-state index contributed by atoms with van der Waals surface area (Å²) in [6.07, 6.45) is 0. The second-order valence-corrected chi connectivity index (χ2v) is 3.31. The van der Waals surface area contributed by atoms with Crippen LogP contribution in [0.5, 0.6) is 0 Å². The molecule has 0 spiro atoms. The Bertz CT molecular complexity index is 322. The number of aryl methyl sites for hydroxylation is 2. The van der Waals surface area contributed by atoms with Crippen molar-refractivity contribution in [3.63, 3.8) is 0 Å². The molecule has 1 rings (SSSR count). The highest BCUT2D eigenvalue weighted by Crippen LogP contribution is 2.17. The third-order valence-corrected chi connectivity index (χ3v) is 2.27. The number of aromatic carboxylic acids is 1. The van der Waals surface area contributed by atoms with Gasteiger partial charge >= 0.3 is 5.97 Å². The molecule has 1 aromatic rings. The molecule has 0 heterocycles. The van der Waals surface area contributed by atoms with E-state index < -0.39 is 5.97 Å². The second kappa shape index (κ2) is 3.79. The lowest BCUT2D eigenvalue weighted by Crippen LogP contribution is -2.03. The standard InChI is InChI=1S/C10H11ClO2/c1-6-3-8(5-11)4-7(2)9(6)10(12)13/h3-4H,5H2,1-2H3,(H,12,13). The van der Waals surface area contributed by atoms with E-state index in [0.717, 1.165) is 16.7 Å². The fraction of sp³-hybridized carbons (Fsp3) is 0.300. The van der Waals surface area contributed by atoms with Gasteiger partial charge < -0.3 is 5.11 Å². The highest BCUT2D eigenvalue weighted by atomic mass is 35.5. The molecule has 0 atom stereocenters. The van der Waals surface area contributed by atoms with Crippen molar-refractivity contribution < 1.29 is 9.90 Å². The second-order valence-electron chi connectivity index (χ2n) is 3.04. The van der Waals surface area contributed by atoms with Crippen LogP contribution in [0.1, 0.15) is 27.0 Å². The Morgan fingerprint density at radius 1 is 1.38 bits per heavy atom. The average Bonchev–Trinajstić information content (AvgIpc) is 2.02. The zero-order valence-electron chi connectivity index (χ0n) is 7.60. The first-order valence-electron chi connectivity index (χ1n) is 3.95. The maximum atomic E-state index is 10.8. The molecule has 0 aromatic heterocycles. The van der Waals surface area contributed by atoms with Gasteiger partial charge in [0.25, 0.3) is 0 Å². The van der Waals surface area contributed by atoms with E-state index in [1.807, 2.05) is 12.1 Å². The van der Waals surface area contributed by atoms with Crippen LogP contribution in [0.4, 0.5) is 0 Å². The number of hydrogen-bond acceptors (Lipinski definition) is 1. The number of hydrogen-bond donors (Lipinski definition) is 1. The number of alkyl halides is 1. The summed E-state index contributed by atoms with van der Waals surface area (Å²) in [5, 5.41) is 8.88. The average molecular weight is 199 g/mol. The Kier molecular flexibility index (Phi) is 2.94. The summed E-state index contributed by atoms with van der Waals surface area (Å²) in [6, 6.07) is 3.62. The Hall–Kier alpha value is -1.02. The Labute approximate surface area is 82.2 Å². The van der Waals surface area contributed by atoms with Crippen molar-refractivity contribution in [3.8, 4) is 0 Å². The lowest BCUT2D eigenvalue weighted by molar-refractivity contribution is 0.0695. The van der Waals surface area contributed by atoms with Gasteiger partial charge in [0.05, 0.1) is 5.56 Å². The van der Waals surface area contributed by atoms with Crippen molar-refractivity contribution in [2.24, 2.45) is 0 Å². The molecule has 0 aliphatic heterocycles. The SMILES string of the molecule is Cc1cc(CCl)cc(C)c1C(=O)O. The summed E-state index contributed by atoms with van der Waals surface area (Å²) >= 11 is 5.66. The van der Waals surface area contributed by atoms with Crippen LogP contribution in [-0.4, -0.2) is 11.1 Å². The van der Waals surface area contributed by atoms with Gasteiger partial charge in [-0.3, -0.25) is 0 Å². The normalized spacial score (nSPS) is 10.1. The summed E-state index contributed by atoms with van der Waals surface area (Å²) in [6.45, 7) is 3.57. The summed E-state index contributed by atoms with van der Waals surface area (Å²) in [4.78, 5) is 10.8. The molecule has 0 bridgehead atoms. The molecule has 0 fully saturated rings. The molecular formula is C10H11ClO2. The van der Waals surface area contributed by atoms with Gasteiger partial charge in [0.1, 0.15) is 0 Å². The Morgan fingerprint density at radius 2 is 1.85 bits per heavy atom. The number of rotatable bonds is 2. The van der Waals surface area contributed by atoms with Gasteiger partial charge in [-0.25, -0.2) is 4.79 Å². The molecule has 0 radical (unpaired) electrons. The first-order chi connectivity index (χ1) is 6.06. The zero-order valence-corrected chi connectivity index (χ0v) is 8.35. The molecule has 0 aliphatic carbocycles. The minimum atomic E-state index is -0.879. The van der Waals surface area contributed by atoms with Crippen LogP contribution in [0.25, 0.3) is 0 Å². The van der Waals surface area contributed by atoms with Crippen molar-refractivity contribution >= 4 is 17.6 Å². The predicted molar refractivity (Wildman–Crippen MR) is 52.4 cm³/mol. The number of halogens is 1. The molecule has 0 unspecified atom stereocenters. The summed E-state index contributed by atoms with van der Waals surface area (Å²) in [7, 11) is 0. The van der Waals surface area contributed by atoms with Crippen LogP contribution in [0.2, 0.25) is 0 Å². The molecule has 1 N–H and O–H groups in total. The minimum absolute atomic E-state index is 0.383. The Balaban J connectivity index is 3.31. The van der Waals surface area contributed by atoms with Crippen LogP contribution in [0, 0.1) is 13.8 Å². The maximum Gasteiger partial charge on any atom is 0.336 e. The van der Waals surface area contributed by atoms with Crippen LogP contribution in [0.3, 0.4) is 0 Å². The fourth-order valence-electron chi connectivity index (χ4n) is 1.47. The van der Waals surface area contributed by atoms with Crippen LogP contribution >= 0.6 is 11.6 Å². The monoisotopic (exact) mass is 198 g/mol.